The number of aromatic hydroxyl groups is 1. The van der Waals surface area contributed by atoms with E-state index in [1.165, 1.54) is 0 Å². The Bertz CT molecular complexity index is 303. The lowest BCUT2D eigenvalue weighted by molar-refractivity contribution is 0.112. The molecule has 0 bridgehead atoms. The van der Waals surface area contributed by atoms with Gasteiger partial charge in [0.15, 0.2) is 6.29 Å². The lowest BCUT2D eigenvalue weighted by Gasteiger charge is -2.04. The molecule has 64 valence electrons. The molecule has 12 heavy (non-hydrogen) atoms. The van der Waals surface area contributed by atoms with Crippen molar-refractivity contribution in [2.45, 2.75) is 20.3 Å². The maximum atomic E-state index is 10.5. The molecule has 0 aromatic heterocycles. The topological polar surface area (TPSA) is 37.3 Å². The van der Waals surface area contributed by atoms with Gasteiger partial charge in [0.25, 0.3) is 0 Å². The predicted octanol–water partition coefficient (Wildman–Crippen LogP) is 2.08. The van der Waals surface area contributed by atoms with Crippen molar-refractivity contribution in [1.29, 1.82) is 0 Å². The largest absolute Gasteiger partial charge is 0.507 e. The first kappa shape index (κ1) is 8.78. The van der Waals surface area contributed by atoms with Crippen LogP contribution in [0, 0.1) is 6.92 Å². The molecule has 0 fully saturated rings. The molecule has 0 aliphatic carbocycles. The number of rotatable bonds is 2. The molecule has 0 amide bonds. The molecule has 0 saturated heterocycles. The number of hydrogen-bond acceptors (Lipinski definition) is 2. The van der Waals surface area contributed by atoms with E-state index < -0.39 is 0 Å². The van der Waals surface area contributed by atoms with Gasteiger partial charge in [0.05, 0.1) is 5.56 Å². The fraction of sp³-hybridized carbons (Fsp3) is 0.300. The summed E-state index contributed by atoms with van der Waals surface area (Å²) in [7, 11) is 0. The second-order valence-electron chi connectivity index (χ2n) is 2.82. The third-order valence-electron chi connectivity index (χ3n) is 1.92. The van der Waals surface area contributed by atoms with Crippen molar-refractivity contribution in [3.05, 3.63) is 28.8 Å². The monoisotopic (exact) mass is 164 g/mol. The van der Waals surface area contributed by atoms with Crippen LogP contribution in [0.15, 0.2) is 12.1 Å². The Morgan fingerprint density at radius 1 is 1.50 bits per heavy atom. The van der Waals surface area contributed by atoms with Gasteiger partial charge < -0.3 is 5.11 Å². The Morgan fingerprint density at radius 3 is 2.67 bits per heavy atom. The average Bonchev–Trinajstić information content (AvgIpc) is 2.09. The van der Waals surface area contributed by atoms with Gasteiger partial charge in [-0.2, -0.15) is 0 Å². The van der Waals surface area contributed by atoms with Crippen LogP contribution in [0.4, 0.5) is 0 Å². The minimum absolute atomic E-state index is 0.0993. The second-order valence-corrected chi connectivity index (χ2v) is 2.82. The molecule has 0 heterocycles. The van der Waals surface area contributed by atoms with E-state index in [1.54, 1.807) is 13.0 Å². The van der Waals surface area contributed by atoms with E-state index in [2.05, 4.69) is 0 Å². The van der Waals surface area contributed by atoms with Crippen LogP contribution >= 0.6 is 0 Å². The average molecular weight is 164 g/mol. The van der Waals surface area contributed by atoms with Gasteiger partial charge in [-0.3, -0.25) is 4.79 Å². The van der Waals surface area contributed by atoms with Crippen LogP contribution in [0.25, 0.3) is 0 Å². The van der Waals surface area contributed by atoms with E-state index >= 15 is 0 Å². The summed E-state index contributed by atoms with van der Waals surface area (Å²) >= 11 is 0. The molecular weight excluding hydrogens is 152 g/mol. The predicted molar refractivity (Wildman–Crippen MR) is 47.6 cm³/mol. The smallest absolute Gasteiger partial charge is 0.153 e. The number of phenols is 1. The lowest BCUT2D eigenvalue weighted by atomic mass is 10.0. The molecule has 1 aromatic rings. The van der Waals surface area contributed by atoms with Crippen LogP contribution in [0.3, 0.4) is 0 Å². The van der Waals surface area contributed by atoms with Crippen LogP contribution in [0.1, 0.15) is 28.4 Å². The van der Waals surface area contributed by atoms with Gasteiger partial charge in [-0.25, -0.2) is 0 Å². The van der Waals surface area contributed by atoms with Crippen molar-refractivity contribution in [2.24, 2.45) is 0 Å². The summed E-state index contributed by atoms with van der Waals surface area (Å²) in [6.45, 7) is 3.81. The van der Waals surface area contributed by atoms with Crippen LogP contribution in [-0.2, 0) is 6.42 Å². The number of hydrogen-bond donors (Lipinski definition) is 1. The normalized spacial score (nSPS) is 9.83. The Kier molecular flexibility index (Phi) is 2.48. The van der Waals surface area contributed by atoms with Crippen LogP contribution in [-0.4, -0.2) is 11.4 Å². The fourth-order valence-corrected chi connectivity index (χ4v) is 1.18. The number of aldehydes is 1. The summed E-state index contributed by atoms with van der Waals surface area (Å²) < 4.78 is 0. The third-order valence-corrected chi connectivity index (χ3v) is 1.92. The van der Waals surface area contributed by atoms with Crippen molar-refractivity contribution < 1.29 is 9.90 Å². The maximum Gasteiger partial charge on any atom is 0.153 e. The molecule has 0 aliphatic heterocycles. The zero-order valence-corrected chi connectivity index (χ0v) is 7.29. The summed E-state index contributed by atoms with van der Waals surface area (Å²) in [4.78, 5) is 10.5. The molecule has 0 unspecified atom stereocenters. The minimum atomic E-state index is 0.0993. The standard InChI is InChI=1S/C10H12O2/c1-3-8-4-7(2)10(12)9(5-8)6-11/h4-6,12H,3H2,1-2H3. The van der Waals surface area contributed by atoms with Crippen molar-refractivity contribution >= 4 is 6.29 Å². The van der Waals surface area contributed by atoms with Gasteiger partial charge >= 0.3 is 0 Å². The number of phenolic OH excluding ortho intramolecular Hbond substituents is 1. The number of benzene rings is 1. The SMILES string of the molecule is CCc1cc(C)c(O)c(C=O)c1. The highest BCUT2D eigenvalue weighted by Crippen LogP contribution is 2.22. The number of carbonyl (C=O) groups excluding carboxylic acids is 1. The van der Waals surface area contributed by atoms with E-state index in [0.29, 0.717) is 11.8 Å². The quantitative estimate of drug-likeness (QED) is 0.679. The second kappa shape index (κ2) is 3.39. The van der Waals surface area contributed by atoms with Gasteiger partial charge in [-0.05, 0) is 30.5 Å². The summed E-state index contributed by atoms with van der Waals surface area (Å²) in [6, 6.07) is 3.61. The Balaban J connectivity index is 3.28. The van der Waals surface area contributed by atoms with E-state index in [-0.39, 0.29) is 5.75 Å². The van der Waals surface area contributed by atoms with Gasteiger partial charge in [-0.1, -0.05) is 13.0 Å². The van der Waals surface area contributed by atoms with Gasteiger partial charge in [0.1, 0.15) is 5.75 Å². The summed E-state index contributed by atoms with van der Waals surface area (Å²) in [5.41, 5.74) is 2.22. The van der Waals surface area contributed by atoms with Gasteiger partial charge in [0, 0.05) is 0 Å². The fourth-order valence-electron chi connectivity index (χ4n) is 1.18. The molecule has 1 aromatic carbocycles. The van der Waals surface area contributed by atoms with Crippen LogP contribution in [0.5, 0.6) is 5.75 Å². The first-order chi connectivity index (χ1) is 5.69. The highest BCUT2D eigenvalue weighted by Gasteiger charge is 2.04. The third kappa shape index (κ3) is 1.47. The summed E-state index contributed by atoms with van der Waals surface area (Å²) in [5, 5.41) is 9.39. The van der Waals surface area contributed by atoms with E-state index in [0.717, 1.165) is 17.5 Å². The Morgan fingerprint density at radius 2 is 2.17 bits per heavy atom. The van der Waals surface area contributed by atoms with Crippen molar-refractivity contribution in [3.8, 4) is 5.75 Å². The van der Waals surface area contributed by atoms with Crippen LogP contribution < -0.4 is 0 Å². The van der Waals surface area contributed by atoms with Gasteiger partial charge in [0.2, 0.25) is 0 Å². The molecule has 0 saturated carbocycles. The van der Waals surface area contributed by atoms with Crippen molar-refractivity contribution in [1.82, 2.24) is 0 Å². The molecule has 0 radical (unpaired) electrons. The molecule has 0 spiro atoms. The lowest BCUT2D eigenvalue weighted by Crippen LogP contribution is -1.89. The molecule has 1 rings (SSSR count). The highest BCUT2D eigenvalue weighted by atomic mass is 16.3. The van der Waals surface area contributed by atoms with E-state index in [4.69, 9.17) is 0 Å². The first-order valence-electron chi connectivity index (χ1n) is 3.96. The summed E-state index contributed by atoms with van der Waals surface area (Å²) in [5.74, 6) is 0.0993. The van der Waals surface area contributed by atoms with Crippen molar-refractivity contribution in [3.63, 3.8) is 0 Å². The zero-order chi connectivity index (χ0) is 9.14. The number of aryl methyl sites for hydroxylation is 2. The number of carbonyl (C=O) groups is 1. The minimum Gasteiger partial charge on any atom is -0.507 e. The van der Waals surface area contributed by atoms with Gasteiger partial charge in [-0.15, -0.1) is 0 Å². The molecule has 2 nitrogen and oxygen atoms in total. The summed E-state index contributed by atoms with van der Waals surface area (Å²) in [6.07, 6.45) is 1.56. The molecule has 0 aliphatic rings. The molecule has 2 heteroatoms. The van der Waals surface area contributed by atoms with Crippen LogP contribution in [0.2, 0.25) is 0 Å². The first-order valence-corrected chi connectivity index (χ1v) is 3.96. The maximum absolute atomic E-state index is 10.5. The molecular formula is C10H12O2. The zero-order valence-electron chi connectivity index (χ0n) is 7.29. The van der Waals surface area contributed by atoms with E-state index in [9.17, 15) is 9.90 Å². The molecule has 0 atom stereocenters. The molecule has 1 N–H and O–H groups in total. The Labute approximate surface area is 71.8 Å². The van der Waals surface area contributed by atoms with Crippen molar-refractivity contribution in [2.75, 3.05) is 0 Å². The Hall–Kier alpha value is -1.31. The van der Waals surface area contributed by atoms with E-state index in [1.807, 2.05) is 13.0 Å². The highest BCUT2D eigenvalue weighted by molar-refractivity contribution is 5.80.